The second-order valence-electron chi connectivity index (χ2n) is 2.73. The van der Waals surface area contributed by atoms with Crippen molar-refractivity contribution in [3.63, 3.8) is 0 Å². The summed E-state index contributed by atoms with van der Waals surface area (Å²) in [6.07, 6.45) is 0.441. The maximum absolute atomic E-state index is 10.9. The third-order valence-corrected chi connectivity index (χ3v) is 2.13. The van der Waals surface area contributed by atoms with Gasteiger partial charge >= 0.3 is 11.9 Å². The number of ether oxygens (including phenoxy) is 4. The van der Waals surface area contributed by atoms with Gasteiger partial charge in [-0.2, -0.15) is 0 Å². The van der Waals surface area contributed by atoms with Crippen molar-refractivity contribution >= 4 is 5.97 Å². The zero-order chi connectivity index (χ0) is 9.90. The summed E-state index contributed by atoms with van der Waals surface area (Å²) in [5.41, 5.74) is 0. The molecule has 1 saturated heterocycles. The fraction of sp³-hybridized carbons (Fsp3) is 0.875. The molecule has 0 N–H and O–H groups in total. The van der Waals surface area contributed by atoms with Gasteiger partial charge in [0.1, 0.15) is 0 Å². The molecule has 0 radical (unpaired) electrons. The van der Waals surface area contributed by atoms with Gasteiger partial charge in [-0.15, -0.1) is 0 Å². The summed E-state index contributed by atoms with van der Waals surface area (Å²) in [5.74, 6) is -1.51. The van der Waals surface area contributed by atoms with Crippen LogP contribution in [-0.4, -0.2) is 39.4 Å². The molecular weight excluding hydrogens is 176 g/mol. The maximum atomic E-state index is 10.9. The molecule has 0 aliphatic carbocycles. The van der Waals surface area contributed by atoms with E-state index in [4.69, 9.17) is 18.9 Å². The number of cyclic esters (lactones) is 1. The summed E-state index contributed by atoms with van der Waals surface area (Å²) in [5, 5.41) is 0. The quantitative estimate of drug-likeness (QED) is 0.471. The van der Waals surface area contributed by atoms with E-state index in [0.29, 0.717) is 12.8 Å². The van der Waals surface area contributed by atoms with Gasteiger partial charge in [-0.1, -0.05) is 0 Å². The van der Waals surface area contributed by atoms with Crippen LogP contribution in [0.15, 0.2) is 0 Å². The van der Waals surface area contributed by atoms with Crippen LogP contribution >= 0.6 is 0 Å². The third kappa shape index (κ3) is 1.82. The fourth-order valence-electron chi connectivity index (χ4n) is 1.42. The van der Waals surface area contributed by atoms with E-state index in [1.54, 1.807) is 0 Å². The molecule has 0 saturated carbocycles. The lowest BCUT2D eigenvalue weighted by atomic mass is 10.2. The predicted octanol–water partition coefficient (Wildman–Crippen LogP) is 0.285. The van der Waals surface area contributed by atoms with Crippen LogP contribution in [0.4, 0.5) is 0 Å². The van der Waals surface area contributed by atoms with Crippen molar-refractivity contribution in [1.29, 1.82) is 0 Å². The monoisotopic (exact) mass is 190 g/mol. The second-order valence-corrected chi connectivity index (χ2v) is 2.73. The van der Waals surface area contributed by atoms with Gasteiger partial charge in [0.2, 0.25) is 0 Å². The van der Waals surface area contributed by atoms with Crippen LogP contribution in [0, 0.1) is 0 Å². The predicted molar refractivity (Wildman–Crippen MR) is 42.9 cm³/mol. The Morgan fingerprint density at radius 2 is 1.85 bits per heavy atom. The van der Waals surface area contributed by atoms with Gasteiger partial charge in [-0.25, -0.2) is 0 Å². The Morgan fingerprint density at radius 3 is 2.15 bits per heavy atom. The van der Waals surface area contributed by atoms with Gasteiger partial charge in [-0.3, -0.25) is 4.79 Å². The standard InChI is InChI=1S/C8H14O5/c1-10-8(11-2,12-3)6-4-5-7(9)13-6/h6H,4-5H2,1-3H3. The molecule has 0 spiro atoms. The van der Waals surface area contributed by atoms with Gasteiger partial charge in [0.15, 0.2) is 6.10 Å². The highest BCUT2D eigenvalue weighted by atomic mass is 16.9. The molecule has 0 aromatic carbocycles. The van der Waals surface area contributed by atoms with Crippen molar-refractivity contribution in [1.82, 2.24) is 0 Å². The number of hydrogen-bond donors (Lipinski definition) is 0. The Morgan fingerprint density at radius 1 is 1.31 bits per heavy atom. The number of hydrogen-bond acceptors (Lipinski definition) is 5. The first-order valence-electron chi connectivity index (χ1n) is 4.03. The van der Waals surface area contributed by atoms with E-state index >= 15 is 0 Å². The van der Waals surface area contributed by atoms with E-state index in [9.17, 15) is 4.79 Å². The normalized spacial score (nSPS) is 23.3. The average Bonchev–Trinajstić information content (AvgIpc) is 2.57. The molecule has 0 aromatic rings. The number of carbonyl (C=O) groups is 1. The molecule has 5 heteroatoms. The highest BCUT2D eigenvalue weighted by molar-refractivity contribution is 5.71. The molecule has 5 nitrogen and oxygen atoms in total. The van der Waals surface area contributed by atoms with Crippen molar-refractivity contribution in [2.75, 3.05) is 21.3 Å². The molecule has 1 atom stereocenters. The number of methoxy groups -OCH3 is 3. The van der Waals surface area contributed by atoms with E-state index in [0.717, 1.165) is 0 Å². The van der Waals surface area contributed by atoms with Crippen molar-refractivity contribution < 1.29 is 23.7 Å². The maximum Gasteiger partial charge on any atom is 0.321 e. The molecule has 76 valence electrons. The second kappa shape index (κ2) is 4.04. The average molecular weight is 190 g/mol. The first-order chi connectivity index (χ1) is 6.18. The zero-order valence-corrected chi connectivity index (χ0v) is 8.03. The summed E-state index contributed by atoms with van der Waals surface area (Å²) in [6, 6.07) is 0. The van der Waals surface area contributed by atoms with E-state index in [2.05, 4.69) is 0 Å². The van der Waals surface area contributed by atoms with E-state index in [1.165, 1.54) is 21.3 Å². The summed E-state index contributed by atoms with van der Waals surface area (Å²) < 4.78 is 20.1. The van der Waals surface area contributed by atoms with Gasteiger partial charge in [0.05, 0.1) is 0 Å². The Hall–Kier alpha value is -0.650. The minimum Gasteiger partial charge on any atom is -0.454 e. The molecule has 1 heterocycles. The largest absolute Gasteiger partial charge is 0.454 e. The third-order valence-electron chi connectivity index (χ3n) is 2.13. The molecule has 1 fully saturated rings. The van der Waals surface area contributed by atoms with Crippen LogP contribution in [0.3, 0.4) is 0 Å². The summed E-state index contributed by atoms with van der Waals surface area (Å²) in [4.78, 5) is 10.9. The zero-order valence-electron chi connectivity index (χ0n) is 8.03. The molecule has 0 bridgehead atoms. The van der Waals surface area contributed by atoms with Gasteiger partial charge in [-0.05, 0) is 0 Å². The molecule has 1 unspecified atom stereocenters. The first kappa shape index (κ1) is 10.4. The Bertz CT molecular complexity index is 179. The summed E-state index contributed by atoms with van der Waals surface area (Å²) >= 11 is 0. The van der Waals surface area contributed by atoms with Crippen LogP contribution < -0.4 is 0 Å². The number of carbonyl (C=O) groups excluding carboxylic acids is 1. The van der Waals surface area contributed by atoms with Crippen molar-refractivity contribution in [2.45, 2.75) is 24.9 Å². The van der Waals surface area contributed by atoms with Crippen molar-refractivity contribution in [2.24, 2.45) is 0 Å². The minimum atomic E-state index is -1.26. The minimum absolute atomic E-state index is 0.250. The lowest BCUT2D eigenvalue weighted by Gasteiger charge is -2.32. The first-order valence-corrected chi connectivity index (χ1v) is 4.03. The Labute approximate surface area is 76.9 Å². The topological polar surface area (TPSA) is 54.0 Å². The van der Waals surface area contributed by atoms with Crippen LogP contribution in [0.2, 0.25) is 0 Å². The van der Waals surface area contributed by atoms with Crippen LogP contribution in [0.1, 0.15) is 12.8 Å². The van der Waals surface area contributed by atoms with Crippen LogP contribution in [0.25, 0.3) is 0 Å². The number of esters is 1. The summed E-state index contributed by atoms with van der Waals surface area (Å²) in [6.45, 7) is 0. The lowest BCUT2D eigenvalue weighted by Crippen LogP contribution is -2.47. The van der Waals surface area contributed by atoms with Crippen molar-refractivity contribution in [3.8, 4) is 0 Å². The van der Waals surface area contributed by atoms with Gasteiger partial charge in [0.25, 0.3) is 0 Å². The van der Waals surface area contributed by atoms with Gasteiger partial charge < -0.3 is 18.9 Å². The highest BCUT2D eigenvalue weighted by Gasteiger charge is 2.46. The molecule has 1 aliphatic rings. The summed E-state index contributed by atoms with van der Waals surface area (Å²) in [7, 11) is 4.33. The van der Waals surface area contributed by atoms with E-state index < -0.39 is 12.1 Å². The molecule has 1 aliphatic heterocycles. The van der Waals surface area contributed by atoms with Gasteiger partial charge in [0, 0.05) is 34.2 Å². The molecule has 0 amide bonds. The Balaban J connectivity index is 2.69. The number of rotatable bonds is 4. The van der Waals surface area contributed by atoms with E-state index in [1.807, 2.05) is 0 Å². The van der Waals surface area contributed by atoms with Crippen molar-refractivity contribution in [3.05, 3.63) is 0 Å². The van der Waals surface area contributed by atoms with E-state index in [-0.39, 0.29) is 5.97 Å². The molecule has 1 rings (SSSR count). The fourth-order valence-corrected chi connectivity index (χ4v) is 1.42. The lowest BCUT2D eigenvalue weighted by molar-refractivity contribution is -0.385. The molecule has 0 aromatic heterocycles. The van der Waals surface area contributed by atoms with Crippen LogP contribution in [0.5, 0.6) is 0 Å². The highest BCUT2D eigenvalue weighted by Crippen LogP contribution is 2.28. The molecular formula is C8H14O5. The molecule has 13 heavy (non-hydrogen) atoms. The van der Waals surface area contributed by atoms with Crippen LogP contribution in [-0.2, 0) is 23.7 Å². The Kier molecular flexibility index (Phi) is 3.24. The smallest absolute Gasteiger partial charge is 0.321 e. The SMILES string of the molecule is COC(OC)(OC)C1CCC(=O)O1.